The lowest BCUT2D eigenvalue weighted by molar-refractivity contribution is -0.143. The first-order valence-electron chi connectivity index (χ1n) is 7.39. The molecule has 124 valence electrons. The molecule has 0 bridgehead atoms. The van der Waals surface area contributed by atoms with E-state index in [4.69, 9.17) is 5.11 Å². The highest BCUT2D eigenvalue weighted by atomic mass is 19.4. The van der Waals surface area contributed by atoms with Gasteiger partial charge in [0.25, 0.3) is 0 Å². The first-order chi connectivity index (χ1) is 10.7. The molecular formula is C16H16F3NO3. The van der Waals surface area contributed by atoms with Crippen LogP contribution >= 0.6 is 0 Å². The van der Waals surface area contributed by atoms with Crippen LogP contribution in [0.2, 0.25) is 0 Å². The van der Waals surface area contributed by atoms with Gasteiger partial charge in [0.05, 0.1) is 16.4 Å². The maximum absolute atomic E-state index is 12.8. The largest absolute Gasteiger partial charge is 0.481 e. The van der Waals surface area contributed by atoms with Gasteiger partial charge in [-0.1, -0.05) is 18.2 Å². The van der Waals surface area contributed by atoms with Gasteiger partial charge >= 0.3 is 12.1 Å². The van der Waals surface area contributed by atoms with E-state index in [1.54, 1.807) is 0 Å². The van der Waals surface area contributed by atoms with E-state index in [0.29, 0.717) is 31.2 Å². The molecule has 0 heterocycles. The van der Waals surface area contributed by atoms with Gasteiger partial charge in [0.15, 0.2) is 0 Å². The third kappa shape index (κ3) is 2.80. The molecule has 0 unspecified atom stereocenters. The van der Waals surface area contributed by atoms with E-state index in [1.165, 1.54) is 12.1 Å². The van der Waals surface area contributed by atoms with Crippen LogP contribution in [0.5, 0.6) is 0 Å². The number of carbonyl (C=O) groups excluding carboxylic acids is 1. The number of hydrogen-bond donors (Lipinski definition) is 2. The fraction of sp³-hybridized carbons (Fsp3) is 0.500. The molecule has 7 heteroatoms. The molecule has 0 atom stereocenters. The van der Waals surface area contributed by atoms with Crippen LogP contribution in [0, 0.1) is 5.41 Å². The smallest absolute Gasteiger partial charge is 0.416 e. The summed E-state index contributed by atoms with van der Waals surface area (Å²) in [5.41, 5.74) is -2.28. The van der Waals surface area contributed by atoms with Crippen molar-refractivity contribution in [1.82, 2.24) is 5.32 Å². The summed E-state index contributed by atoms with van der Waals surface area (Å²) in [5, 5.41) is 11.7. The Morgan fingerprint density at radius 1 is 1.17 bits per heavy atom. The van der Waals surface area contributed by atoms with Crippen LogP contribution in [-0.2, 0) is 21.2 Å². The Morgan fingerprint density at radius 2 is 1.83 bits per heavy atom. The molecular weight excluding hydrogens is 311 g/mol. The molecule has 3 rings (SSSR count). The topological polar surface area (TPSA) is 66.4 Å². The van der Waals surface area contributed by atoms with Crippen molar-refractivity contribution in [2.45, 2.75) is 37.3 Å². The normalized spacial score (nSPS) is 20.7. The predicted molar refractivity (Wildman–Crippen MR) is 74.7 cm³/mol. The van der Waals surface area contributed by atoms with E-state index in [-0.39, 0.29) is 12.5 Å². The number of aliphatic carboxylic acids is 1. The van der Waals surface area contributed by atoms with E-state index in [0.717, 1.165) is 12.1 Å². The molecule has 0 radical (unpaired) electrons. The van der Waals surface area contributed by atoms with E-state index in [1.807, 2.05) is 0 Å². The summed E-state index contributed by atoms with van der Waals surface area (Å²) in [5.74, 6) is -1.33. The quantitative estimate of drug-likeness (QED) is 0.874. The molecule has 4 nitrogen and oxygen atoms in total. The maximum Gasteiger partial charge on any atom is 0.416 e. The number of benzene rings is 1. The van der Waals surface area contributed by atoms with Crippen molar-refractivity contribution >= 4 is 11.9 Å². The van der Waals surface area contributed by atoms with Crippen molar-refractivity contribution < 1.29 is 27.9 Å². The molecule has 0 saturated heterocycles. The van der Waals surface area contributed by atoms with Crippen LogP contribution in [0.25, 0.3) is 0 Å². The highest BCUT2D eigenvalue weighted by Gasteiger charge is 2.54. The first-order valence-corrected chi connectivity index (χ1v) is 7.39. The van der Waals surface area contributed by atoms with Crippen molar-refractivity contribution in [2.24, 2.45) is 5.41 Å². The molecule has 2 aliphatic rings. The number of hydrogen-bond acceptors (Lipinski definition) is 2. The van der Waals surface area contributed by atoms with Gasteiger partial charge in [-0.25, -0.2) is 0 Å². The molecule has 1 amide bonds. The van der Waals surface area contributed by atoms with Crippen LogP contribution in [0.15, 0.2) is 24.3 Å². The first kappa shape index (κ1) is 15.8. The fourth-order valence-corrected chi connectivity index (χ4v) is 2.80. The number of alkyl halides is 3. The van der Waals surface area contributed by atoms with Gasteiger partial charge in [0.1, 0.15) is 0 Å². The molecule has 0 aromatic heterocycles. The van der Waals surface area contributed by atoms with Gasteiger partial charge < -0.3 is 10.4 Å². The molecule has 23 heavy (non-hydrogen) atoms. The summed E-state index contributed by atoms with van der Waals surface area (Å²) in [7, 11) is 0. The van der Waals surface area contributed by atoms with E-state index >= 15 is 0 Å². The van der Waals surface area contributed by atoms with Gasteiger partial charge in [-0.05, 0) is 37.3 Å². The summed E-state index contributed by atoms with van der Waals surface area (Å²) < 4.78 is 38.4. The van der Waals surface area contributed by atoms with Crippen LogP contribution in [-0.4, -0.2) is 23.5 Å². The minimum Gasteiger partial charge on any atom is -0.481 e. The van der Waals surface area contributed by atoms with E-state index in [9.17, 15) is 22.8 Å². The number of carbonyl (C=O) groups is 2. The zero-order chi connectivity index (χ0) is 16.9. The number of carboxylic acids is 1. The average molecular weight is 327 g/mol. The van der Waals surface area contributed by atoms with Gasteiger partial charge in [-0.15, -0.1) is 0 Å². The van der Waals surface area contributed by atoms with Crippen molar-refractivity contribution in [2.75, 3.05) is 6.54 Å². The molecule has 1 aromatic carbocycles. The predicted octanol–water partition coefficient (Wildman–Crippen LogP) is 2.72. The average Bonchev–Trinajstić information content (AvgIpc) is 3.37. The molecule has 0 spiro atoms. The van der Waals surface area contributed by atoms with E-state index < -0.39 is 28.5 Å². The number of amides is 1. The lowest BCUT2D eigenvalue weighted by Crippen LogP contribution is -2.40. The van der Waals surface area contributed by atoms with Gasteiger partial charge in [-0.3, -0.25) is 9.59 Å². The van der Waals surface area contributed by atoms with Crippen molar-refractivity contribution in [3.8, 4) is 0 Å². The second-order valence-electron chi connectivity index (χ2n) is 6.43. The van der Waals surface area contributed by atoms with Crippen LogP contribution < -0.4 is 5.32 Å². The zero-order valence-electron chi connectivity index (χ0n) is 12.2. The summed E-state index contributed by atoms with van der Waals surface area (Å²) in [6.45, 7) is 0.0296. The van der Waals surface area contributed by atoms with Gasteiger partial charge in [0.2, 0.25) is 5.91 Å². The molecule has 0 aliphatic heterocycles. The maximum atomic E-state index is 12.8. The van der Waals surface area contributed by atoms with Crippen molar-refractivity contribution in [3.63, 3.8) is 0 Å². The Bertz CT molecular complexity index is 661. The van der Waals surface area contributed by atoms with Crippen molar-refractivity contribution in [3.05, 3.63) is 35.4 Å². The highest BCUT2D eigenvalue weighted by molar-refractivity contribution is 5.92. The lowest BCUT2D eigenvalue weighted by atomic mass is 9.93. The number of nitrogens with one attached hydrogen (secondary N) is 1. The fourth-order valence-electron chi connectivity index (χ4n) is 2.80. The second kappa shape index (κ2) is 4.97. The van der Waals surface area contributed by atoms with E-state index in [2.05, 4.69) is 5.32 Å². The summed E-state index contributed by atoms with van der Waals surface area (Å²) in [6.07, 6.45) is -2.48. The van der Waals surface area contributed by atoms with Gasteiger partial charge in [0, 0.05) is 6.54 Å². The number of rotatable bonds is 5. The number of halogens is 3. The van der Waals surface area contributed by atoms with Crippen LogP contribution in [0.3, 0.4) is 0 Å². The van der Waals surface area contributed by atoms with Crippen LogP contribution in [0.1, 0.15) is 36.8 Å². The Labute approximate surface area is 130 Å². The van der Waals surface area contributed by atoms with Crippen LogP contribution in [0.4, 0.5) is 13.2 Å². The monoisotopic (exact) mass is 327 g/mol. The second-order valence-corrected chi connectivity index (χ2v) is 6.43. The molecule has 2 aliphatic carbocycles. The molecule has 2 fully saturated rings. The minimum atomic E-state index is -4.45. The Balaban J connectivity index is 1.75. The standard InChI is InChI=1S/C16H16F3NO3/c17-16(18,19)11-3-1-2-10(8-11)15(6-7-15)12(21)20-9-14(4-5-14)13(22)23/h1-3,8H,4-7,9H2,(H,20,21)(H,22,23). The summed E-state index contributed by atoms with van der Waals surface area (Å²) >= 11 is 0. The number of carboxylic acid groups (broad SMARTS) is 1. The third-order valence-electron chi connectivity index (χ3n) is 4.82. The highest BCUT2D eigenvalue weighted by Crippen LogP contribution is 2.50. The molecule has 2 N–H and O–H groups in total. The van der Waals surface area contributed by atoms with Gasteiger partial charge in [-0.2, -0.15) is 13.2 Å². The third-order valence-corrected chi connectivity index (χ3v) is 4.82. The Morgan fingerprint density at radius 3 is 2.30 bits per heavy atom. The van der Waals surface area contributed by atoms with Crippen molar-refractivity contribution in [1.29, 1.82) is 0 Å². The lowest BCUT2D eigenvalue weighted by Gasteiger charge is -2.19. The Hall–Kier alpha value is -2.05. The molecule has 1 aromatic rings. The summed E-state index contributed by atoms with van der Waals surface area (Å²) in [4.78, 5) is 23.5. The minimum absolute atomic E-state index is 0.0296. The zero-order valence-corrected chi connectivity index (χ0v) is 12.2. The SMILES string of the molecule is O=C(O)C1(CNC(=O)C2(c3cccc(C(F)(F)F)c3)CC2)CC1. The molecule has 2 saturated carbocycles. The Kier molecular flexibility index (Phi) is 3.42. The summed E-state index contributed by atoms with van der Waals surface area (Å²) in [6, 6.07) is 4.80.